The molecule has 0 bridgehead atoms. The molecule has 2 atom stereocenters. The molecule has 3 rings (SSSR count). The van der Waals surface area contributed by atoms with Crippen molar-refractivity contribution in [2.24, 2.45) is 5.92 Å². The first kappa shape index (κ1) is 12.9. The third-order valence-corrected chi connectivity index (χ3v) is 4.49. The average Bonchev–Trinajstić information content (AvgIpc) is 2.42. The van der Waals surface area contributed by atoms with Crippen molar-refractivity contribution in [2.45, 2.75) is 44.2 Å². The first-order valence-corrected chi connectivity index (χ1v) is 7.35. The lowest BCUT2D eigenvalue weighted by Crippen LogP contribution is -2.49. The van der Waals surface area contributed by atoms with Gasteiger partial charge in [-0.1, -0.05) is 25.1 Å². The van der Waals surface area contributed by atoms with Gasteiger partial charge in [-0.15, -0.1) is 0 Å². The Balaban J connectivity index is 1.78. The first-order chi connectivity index (χ1) is 9.22. The molecule has 1 spiro atoms. The maximum atomic E-state index is 9.15. The van der Waals surface area contributed by atoms with Crippen LogP contribution in [0.15, 0.2) is 24.3 Å². The van der Waals surface area contributed by atoms with E-state index < -0.39 is 0 Å². The van der Waals surface area contributed by atoms with Crippen molar-refractivity contribution in [3.05, 3.63) is 29.8 Å². The molecule has 0 amide bonds. The lowest BCUT2D eigenvalue weighted by atomic mass is 9.73. The van der Waals surface area contributed by atoms with E-state index >= 15 is 0 Å². The van der Waals surface area contributed by atoms with Gasteiger partial charge in [0.15, 0.2) is 0 Å². The van der Waals surface area contributed by atoms with Crippen LogP contribution >= 0.6 is 0 Å². The Morgan fingerprint density at radius 2 is 2.21 bits per heavy atom. The number of ether oxygens (including phenoxy) is 1. The van der Waals surface area contributed by atoms with Crippen molar-refractivity contribution in [3.63, 3.8) is 0 Å². The summed E-state index contributed by atoms with van der Waals surface area (Å²) in [4.78, 5) is 0. The van der Waals surface area contributed by atoms with Gasteiger partial charge >= 0.3 is 0 Å². The molecule has 0 radical (unpaired) electrons. The van der Waals surface area contributed by atoms with Crippen LogP contribution in [0, 0.1) is 5.92 Å². The van der Waals surface area contributed by atoms with Crippen LogP contribution in [-0.2, 0) is 0 Å². The molecular formula is C16H23NO2. The summed E-state index contributed by atoms with van der Waals surface area (Å²) in [5.41, 5.74) is 1.35. The van der Waals surface area contributed by atoms with Gasteiger partial charge in [0.1, 0.15) is 11.4 Å². The predicted molar refractivity (Wildman–Crippen MR) is 75.3 cm³/mol. The fraction of sp³-hybridized carbons (Fsp3) is 0.625. The van der Waals surface area contributed by atoms with Gasteiger partial charge in [0.2, 0.25) is 0 Å². The lowest BCUT2D eigenvalue weighted by molar-refractivity contribution is -0.0373. The second-order valence-corrected chi connectivity index (χ2v) is 6.13. The van der Waals surface area contributed by atoms with Crippen molar-refractivity contribution in [1.29, 1.82) is 0 Å². The summed E-state index contributed by atoms with van der Waals surface area (Å²) >= 11 is 0. The maximum Gasteiger partial charge on any atom is 0.124 e. The largest absolute Gasteiger partial charge is 0.487 e. The number of fused-ring (bicyclic) bond motifs is 1. The van der Waals surface area contributed by atoms with E-state index in [1.54, 1.807) is 0 Å². The first-order valence-electron chi connectivity index (χ1n) is 7.35. The Morgan fingerprint density at radius 1 is 1.42 bits per heavy atom. The highest BCUT2D eigenvalue weighted by atomic mass is 16.5. The minimum absolute atomic E-state index is 0.0778. The van der Waals surface area contributed by atoms with Gasteiger partial charge in [-0.25, -0.2) is 0 Å². The van der Waals surface area contributed by atoms with Crippen molar-refractivity contribution < 1.29 is 9.84 Å². The summed E-state index contributed by atoms with van der Waals surface area (Å²) in [5, 5.41) is 12.8. The fourth-order valence-electron chi connectivity index (χ4n) is 3.09. The van der Waals surface area contributed by atoms with Crippen molar-refractivity contribution in [2.75, 3.05) is 13.2 Å². The number of benzene rings is 1. The summed E-state index contributed by atoms with van der Waals surface area (Å²) in [5.74, 6) is 1.34. The monoisotopic (exact) mass is 261 g/mol. The number of hydrogen-bond acceptors (Lipinski definition) is 3. The molecule has 1 aromatic carbocycles. The number of hydrogen-bond donors (Lipinski definition) is 2. The van der Waals surface area contributed by atoms with E-state index in [4.69, 9.17) is 9.84 Å². The van der Waals surface area contributed by atoms with Gasteiger partial charge in [0.25, 0.3) is 0 Å². The molecule has 19 heavy (non-hydrogen) atoms. The maximum absolute atomic E-state index is 9.15. The number of rotatable bonds is 4. The molecule has 0 aromatic heterocycles. The average molecular weight is 261 g/mol. The highest BCUT2D eigenvalue weighted by molar-refractivity contribution is 5.39. The van der Waals surface area contributed by atoms with Crippen molar-refractivity contribution >= 4 is 0 Å². The summed E-state index contributed by atoms with van der Waals surface area (Å²) in [6.07, 6.45) is 4.69. The van der Waals surface area contributed by atoms with Crippen LogP contribution in [0.2, 0.25) is 0 Å². The molecule has 2 N–H and O–H groups in total. The topological polar surface area (TPSA) is 41.5 Å². The van der Waals surface area contributed by atoms with Crippen molar-refractivity contribution in [3.8, 4) is 5.75 Å². The Kier molecular flexibility index (Phi) is 3.50. The van der Waals surface area contributed by atoms with Crippen LogP contribution in [0.25, 0.3) is 0 Å². The van der Waals surface area contributed by atoms with Crippen LogP contribution in [0.5, 0.6) is 5.75 Å². The van der Waals surface area contributed by atoms with Crippen LogP contribution in [0.4, 0.5) is 0 Å². The highest BCUT2D eigenvalue weighted by Crippen LogP contribution is 2.48. The van der Waals surface area contributed by atoms with E-state index in [2.05, 4.69) is 30.4 Å². The van der Waals surface area contributed by atoms with E-state index in [1.807, 2.05) is 6.07 Å². The van der Waals surface area contributed by atoms with E-state index in [0.29, 0.717) is 12.0 Å². The molecule has 2 aliphatic rings. The van der Waals surface area contributed by atoms with Crippen LogP contribution in [-0.4, -0.2) is 23.9 Å². The fourth-order valence-corrected chi connectivity index (χ4v) is 3.09. The standard InChI is InChI=1S/C16H23NO2/c1-12(11-18)10-17-14-9-16(7-4-8-16)19-15-6-3-2-5-13(14)15/h2-3,5-6,12,14,17-18H,4,7-11H2,1H3. The zero-order chi connectivity index (χ0) is 13.3. The number of aliphatic hydroxyl groups is 1. The second kappa shape index (κ2) is 5.14. The molecule has 104 valence electrons. The van der Waals surface area contributed by atoms with Gasteiger partial charge < -0.3 is 15.2 Å². The normalized spacial score (nSPS) is 25.3. The van der Waals surface area contributed by atoms with Crippen LogP contribution in [0.1, 0.15) is 44.2 Å². The molecule has 0 saturated heterocycles. The van der Waals surface area contributed by atoms with E-state index in [0.717, 1.165) is 18.7 Å². The van der Waals surface area contributed by atoms with Gasteiger partial charge in [-0.05, 0) is 31.2 Å². The predicted octanol–water partition coefficient (Wildman–Crippen LogP) is 2.65. The van der Waals surface area contributed by atoms with E-state index in [9.17, 15) is 0 Å². The van der Waals surface area contributed by atoms with Crippen LogP contribution in [0.3, 0.4) is 0 Å². The molecule has 1 saturated carbocycles. The smallest absolute Gasteiger partial charge is 0.124 e. The summed E-state index contributed by atoms with van der Waals surface area (Å²) in [7, 11) is 0. The summed E-state index contributed by atoms with van der Waals surface area (Å²) < 4.78 is 6.23. The Bertz CT molecular complexity index is 442. The molecule has 1 fully saturated rings. The molecule has 2 unspecified atom stereocenters. The van der Waals surface area contributed by atoms with Gasteiger partial charge in [0.05, 0.1) is 0 Å². The molecule has 3 nitrogen and oxygen atoms in total. The molecule has 1 heterocycles. The molecule has 3 heteroatoms. The van der Waals surface area contributed by atoms with Gasteiger partial charge in [-0.2, -0.15) is 0 Å². The van der Waals surface area contributed by atoms with Gasteiger partial charge in [0, 0.05) is 31.2 Å². The second-order valence-electron chi connectivity index (χ2n) is 6.13. The SMILES string of the molecule is CC(CO)CNC1CC2(CCC2)Oc2ccccc21. The molecular weight excluding hydrogens is 238 g/mol. The molecule has 1 aliphatic carbocycles. The Hall–Kier alpha value is -1.06. The Morgan fingerprint density at radius 3 is 2.89 bits per heavy atom. The molecule has 1 aromatic rings. The minimum Gasteiger partial charge on any atom is -0.487 e. The molecule has 1 aliphatic heterocycles. The number of para-hydroxylation sites is 1. The van der Waals surface area contributed by atoms with E-state index in [1.165, 1.54) is 24.8 Å². The third-order valence-electron chi connectivity index (χ3n) is 4.49. The summed E-state index contributed by atoms with van der Waals surface area (Å²) in [6.45, 7) is 3.16. The highest BCUT2D eigenvalue weighted by Gasteiger charge is 2.45. The minimum atomic E-state index is 0.0778. The van der Waals surface area contributed by atoms with Crippen LogP contribution < -0.4 is 10.1 Å². The zero-order valence-electron chi connectivity index (χ0n) is 11.6. The van der Waals surface area contributed by atoms with Crippen molar-refractivity contribution in [1.82, 2.24) is 5.32 Å². The lowest BCUT2D eigenvalue weighted by Gasteiger charge is -2.48. The zero-order valence-corrected chi connectivity index (χ0v) is 11.6. The number of nitrogens with one attached hydrogen (secondary N) is 1. The third kappa shape index (κ3) is 2.49. The summed E-state index contributed by atoms with van der Waals surface area (Å²) in [6, 6.07) is 8.72. The van der Waals surface area contributed by atoms with E-state index in [-0.39, 0.29) is 12.2 Å². The number of aliphatic hydroxyl groups excluding tert-OH is 1. The quantitative estimate of drug-likeness (QED) is 0.875. The Labute approximate surface area is 115 Å². The van der Waals surface area contributed by atoms with Gasteiger partial charge in [-0.3, -0.25) is 0 Å².